The minimum atomic E-state index is -0.315. The van der Waals surface area contributed by atoms with E-state index in [0.29, 0.717) is 0 Å². The van der Waals surface area contributed by atoms with E-state index in [4.69, 9.17) is 0 Å². The first kappa shape index (κ1) is 26.4. The largest absolute Gasteiger partial charge is 0.233 e. The lowest BCUT2D eigenvalue weighted by Gasteiger charge is -2.42. The SMILES string of the molecule is C=C1C=CC=CC(CCCC)(C(=C=O)C2=CC=C(Cc3cc4c(cc3C)C(C)(C)CCC4(C)C)C2)C1. The maximum atomic E-state index is 12.5. The number of hydrogen-bond acceptors (Lipinski definition) is 1. The predicted octanol–water partition coefficient (Wildman–Crippen LogP) is 9.15. The summed E-state index contributed by atoms with van der Waals surface area (Å²) in [4.78, 5) is 12.5. The van der Waals surface area contributed by atoms with Crippen LogP contribution < -0.4 is 0 Å². The van der Waals surface area contributed by atoms with Gasteiger partial charge in [0.2, 0.25) is 0 Å². The van der Waals surface area contributed by atoms with Gasteiger partial charge in [0, 0.05) is 11.0 Å². The molecule has 4 rings (SSSR count). The molecule has 0 aromatic heterocycles. The first-order valence-electron chi connectivity index (χ1n) is 13.8. The molecule has 0 saturated carbocycles. The molecule has 0 aliphatic heterocycles. The summed E-state index contributed by atoms with van der Waals surface area (Å²) in [6.45, 7) is 18.3. The van der Waals surface area contributed by atoms with Gasteiger partial charge in [0.1, 0.15) is 5.94 Å². The molecular formula is C35H44O. The molecule has 3 aliphatic rings. The van der Waals surface area contributed by atoms with Crippen LogP contribution in [0.15, 0.2) is 77.5 Å². The molecule has 0 amide bonds. The second-order valence-corrected chi connectivity index (χ2v) is 12.8. The maximum Gasteiger partial charge on any atom is 0.129 e. The summed E-state index contributed by atoms with van der Waals surface area (Å²) in [5.41, 5.74) is 10.4. The zero-order valence-electron chi connectivity index (χ0n) is 23.4. The minimum Gasteiger partial charge on any atom is -0.233 e. The minimum absolute atomic E-state index is 0.210. The number of benzene rings is 1. The smallest absolute Gasteiger partial charge is 0.129 e. The molecule has 1 unspecified atom stereocenters. The van der Waals surface area contributed by atoms with E-state index in [1.165, 1.54) is 40.7 Å². The number of allylic oxidation sites excluding steroid dienone is 10. The second-order valence-electron chi connectivity index (χ2n) is 12.8. The molecule has 1 nitrogen and oxygen atoms in total. The van der Waals surface area contributed by atoms with Crippen molar-refractivity contribution in [2.45, 2.75) is 104 Å². The van der Waals surface area contributed by atoms with E-state index in [-0.39, 0.29) is 16.2 Å². The highest BCUT2D eigenvalue weighted by molar-refractivity contribution is 5.68. The highest BCUT2D eigenvalue weighted by Crippen LogP contribution is 2.48. The van der Waals surface area contributed by atoms with Crippen LogP contribution in [0.5, 0.6) is 0 Å². The molecule has 36 heavy (non-hydrogen) atoms. The third-order valence-electron chi connectivity index (χ3n) is 8.96. The van der Waals surface area contributed by atoms with Crippen LogP contribution in [-0.4, -0.2) is 5.94 Å². The van der Waals surface area contributed by atoms with Gasteiger partial charge in [0.25, 0.3) is 0 Å². The monoisotopic (exact) mass is 480 g/mol. The summed E-state index contributed by atoms with van der Waals surface area (Å²) in [5, 5.41) is 0. The van der Waals surface area contributed by atoms with Crippen molar-refractivity contribution in [3.05, 3.63) is 99.7 Å². The molecule has 1 aromatic rings. The number of rotatable bonds is 7. The van der Waals surface area contributed by atoms with Gasteiger partial charge >= 0.3 is 0 Å². The Morgan fingerprint density at radius 2 is 1.72 bits per heavy atom. The van der Waals surface area contributed by atoms with Gasteiger partial charge in [-0.2, -0.15) is 0 Å². The van der Waals surface area contributed by atoms with E-state index in [0.717, 1.165) is 55.2 Å². The Bertz CT molecular complexity index is 1220. The van der Waals surface area contributed by atoms with E-state index >= 15 is 0 Å². The number of carbonyl (C=O) groups excluding carboxylic acids is 1. The molecule has 1 aromatic carbocycles. The normalized spacial score (nSPS) is 24.0. The number of fused-ring (bicyclic) bond motifs is 1. The van der Waals surface area contributed by atoms with Crippen LogP contribution in [0.4, 0.5) is 0 Å². The van der Waals surface area contributed by atoms with Gasteiger partial charge in [0.15, 0.2) is 0 Å². The summed E-state index contributed by atoms with van der Waals surface area (Å²) in [6.07, 6.45) is 21.0. The van der Waals surface area contributed by atoms with Gasteiger partial charge < -0.3 is 0 Å². The molecule has 0 bridgehead atoms. The lowest BCUT2D eigenvalue weighted by molar-refractivity contribution is 0.331. The van der Waals surface area contributed by atoms with Crippen molar-refractivity contribution in [3.8, 4) is 0 Å². The molecule has 0 heterocycles. The molecule has 1 atom stereocenters. The quantitative estimate of drug-likeness (QED) is 0.356. The number of unbranched alkanes of at least 4 members (excludes halogenated alkanes) is 1. The summed E-state index contributed by atoms with van der Waals surface area (Å²) >= 11 is 0. The fraction of sp³-hybridized carbons (Fsp3) is 0.486. The topological polar surface area (TPSA) is 17.1 Å². The third-order valence-corrected chi connectivity index (χ3v) is 8.96. The Labute approximate surface area is 219 Å². The van der Waals surface area contributed by atoms with Crippen LogP contribution in [0, 0.1) is 12.3 Å². The molecule has 1 heteroatoms. The molecule has 0 radical (unpaired) electrons. The Hall–Kier alpha value is -2.63. The van der Waals surface area contributed by atoms with Crippen molar-refractivity contribution < 1.29 is 4.79 Å². The first-order chi connectivity index (χ1) is 17.0. The number of aryl methyl sites for hydroxylation is 1. The van der Waals surface area contributed by atoms with Crippen LogP contribution in [0.25, 0.3) is 0 Å². The van der Waals surface area contributed by atoms with Crippen molar-refractivity contribution in [2.24, 2.45) is 5.41 Å². The third kappa shape index (κ3) is 5.09. The van der Waals surface area contributed by atoms with Crippen LogP contribution in [0.3, 0.4) is 0 Å². The maximum absolute atomic E-state index is 12.5. The van der Waals surface area contributed by atoms with Crippen molar-refractivity contribution in [2.75, 3.05) is 0 Å². The highest BCUT2D eigenvalue weighted by Gasteiger charge is 2.38. The van der Waals surface area contributed by atoms with Crippen molar-refractivity contribution >= 4 is 5.94 Å². The zero-order chi connectivity index (χ0) is 26.1. The van der Waals surface area contributed by atoms with Gasteiger partial charge in [0.05, 0.1) is 0 Å². The van der Waals surface area contributed by atoms with E-state index in [1.54, 1.807) is 0 Å². The van der Waals surface area contributed by atoms with Crippen molar-refractivity contribution in [1.29, 1.82) is 0 Å². The molecule has 0 spiro atoms. The van der Waals surface area contributed by atoms with Gasteiger partial charge in [-0.25, -0.2) is 4.79 Å². The van der Waals surface area contributed by atoms with Gasteiger partial charge in [-0.3, -0.25) is 0 Å². The fourth-order valence-corrected chi connectivity index (χ4v) is 6.48. The molecule has 0 fully saturated rings. The van der Waals surface area contributed by atoms with Crippen LogP contribution >= 0.6 is 0 Å². The average Bonchev–Trinajstić information content (AvgIpc) is 3.18. The molecule has 0 saturated heterocycles. The Morgan fingerprint density at radius 3 is 2.39 bits per heavy atom. The van der Waals surface area contributed by atoms with Crippen LogP contribution in [0.1, 0.15) is 102 Å². The fourth-order valence-electron chi connectivity index (χ4n) is 6.48. The molecular weight excluding hydrogens is 436 g/mol. The Morgan fingerprint density at radius 1 is 1.03 bits per heavy atom. The second kappa shape index (κ2) is 10.0. The standard InChI is InChI=1S/C35H44O/c1-8-9-15-35(16-11-10-12-25(2)23-35)32(24-36)28-14-13-27(20-28)21-29-22-31-30(19-26(29)3)33(4,5)17-18-34(31,6)7/h10-14,16,19,22H,2,8-9,15,17-18,20-21,23H2,1,3-7H3. The zero-order valence-corrected chi connectivity index (χ0v) is 23.4. The van der Waals surface area contributed by atoms with E-state index in [1.807, 2.05) is 6.08 Å². The van der Waals surface area contributed by atoms with Gasteiger partial charge in [-0.1, -0.05) is 114 Å². The lowest BCUT2D eigenvalue weighted by Crippen LogP contribution is -2.34. The van der Waals surface area contributed by atoms with E-state index < -0.39 is 0 Å². The summed E-state index contributed by atoms with van der Waals surface area (Å²) in [7, 11) is 0. The van der Waals surface area contributed by atoms with Crippen LogP contribution in [-0.2, 0) is 22.0 Å². The summed E-state index contributed by atoms with van der Waals surface area (Å²) in [5.74, 6) is 2.41. The molecule has 3 aliphatic carbocycles. The molecule has 190 valence electrons. The van der Waals surface area contributed by atoms with Crippen LogP contribution in [0.2, 0.25) is 0 Å². The summed E-state index contributed by atoms with van der Waals surface area (Å²) < 4.78 is 0. The highest BCUT2D eigenvalue weighted by atomic mass is 16.1. The van der Waals surface area contributed by atoms with E-state index in [9.17, 15) is 4.79 Å². The van der Waals surface area contributed by atoms with Gasteiger partial charge in [-0.05, 0) is 84.1 Å². The van der Waals surface area contributed by atoms with Gasteiger partial charge in [-0.15, -0.1) is 0 Å². The summed E-state index contributed by atoms with van der Waals surface area (Å²) in [6, 6.07) is 4.95. The number of hydrogen-bond donors (Lipinski definition) is 0. The predicted molar refractivity (Wildman–Crippen MR) is 154 cm³/mol. The van der Waals surface area contributed by atoms with E-state index in [2.05, 4.69) is 96.6 Å². The molecule has 0 N–H and O–H groups in total. The Kier molecular flexibility index (Phi) is 7.36. The Balaban J connectivity index is 1.58. The van der Waals surface area contributed by atoms with Crippen molar-refractivity contribution in [1.82, 2.24) is 0 Å². The van der Waals surface area contributed by atoms with Crippen molar-refractivity contribution in [3.63, 3.8) is 0 Å². The lowest BCUT2D eigenvalue weighted by atomic mass is 9.62. The first-order valence-corrected chi connectivity index (χ1v) is 13.8. The average molecular weight is 481 g/mol.